The zero-order chi connectivity index (χ0) is 22.9. The van der Waals surface area contributed by atoms with E-state index >= 15 is 0 Å². The number of sulfone groups is 1. The number of nitrogens with zero attached hydrogens (tertiary/aromatic N) is 2. The van der Waals surface area contributed by atoms with Gasteiger partial charge in [0.1, 0.15) is 5.82 Å². The predicted octanol–water partition coefficient (Wildman–Crippen LogP) is 4.69. The molecule has 1 saturated heterocycles. The summed E-state index contributed by atoms with van der Waals surface area (Å²) in [5.74, 6) is -0.478. The molecule has 2 N–H and O–H groups in total. The van der Waals surface area contributed by atoms with E-state index in [-0.39, 0.29) is 35.1 Å². The van der Waals surface area contributed by atoms with Gasteiger partial charge in [-0.3, -0.25) is 4.90 Å². The van der Waals surface area contributed by atoms with Gasteiger partial charge in [-0.25, -0.2) is 12.8 Å². The standard InChI is InChI=1S/C24H31ClFN3O2S.2ClH/c1-32(30,31)21-5-6-23(22(26)16-21)29-13-11-28(12-14-29)20-7-9-24(17-27,10-8-20)18-3-2-4-19(25)15-18;;/h2-6,15-16,20H,7-14,17,27H2,1H3;2*1H/t20-,24+;;. The number of hydrogen-bond acceptors (Lipinski definition) is 5. The zero-order valence-corrected chi connectivity index (χ0v) is 22.5. The van der Waals surface area contributed by atoms with E-state index < -0.39 is 15.7 Å². The van der Waals surface area contributed by atoms with Crippen LogP contribution in [0.4, 0.5) is 10.1 Å². The number of nitrogens with two attached hydrogens (primary N) is 1. The van der Waals surface area contributed by atoms with E-state index in [0.717, 1.165) is 69.2 Å². The molecular weight excluding hydrogens is 520 g/mol. The van der Waals surface area contributed by atoms with Gasteiger partial charge in [-0.1, -0.05) is 23.7 Å². The van der Waals surface area contributed by atoms with Crippen LogP contribution in [-0.4, -0.2) is 58.3 Å². The Morgan fingerprint density at radius 1 is 1.06 bits per heavy atom. The van der Waals surface area contributed by atoms with Crippen LogP contribution in [0.5, 0.6) is 0 Å². The number of rotatable bonds is 5. The fraction of sp³-hybridized carbons (Fsp3) is 0.500. The lowest BCUT2D eigenvalue weighted by Crippen LogP contribution is -2.53. The molecule has 2 fully saturated rings. The van der Waals surface area contributed by atoms with Gasteiger partial charge in [-0.15, -0.1) is 24.8 Å². The third-order valence-corrected chi connectivity index (χ3v) is 8.60. The van der Waals surface area contributed by atoms with Gasteiger partial charge in [0, 0.05) is 55.5 Å². The van der Waals surface area contributed by atoms with Crippen LogP contribution in [0.3, 0.4) is 0 Å². The SMILES string of the molecule is CS(=O)(=O)c1ccc(N2CCN([C@H]3CC[C@@](CN)(c4cccc(Cl)c4)CC3)CC2)c(F)c1.Cl.Cl. The average molecular weight is 553 g/mol. The van der Waals surface area contributed by atoms with Crippen LogP contribution in [0, 0.1) is 5.82 Å². The summed E-state index contributed by atoms with van der Waals surface area (Å²) in [6, 6.07) is 12.8. The van der Waals surface area contributed by atoms with Crippen LogP contribution < -0.4 is 10.6 Å². The van der Waals surface area contributed by atoms with Crippen molar-refractivity contribution in [1.29, 1.82) is 0 Å². The Morgan fingerprint density at radius 2 is 1.71 bits per heavy atom. The first-order chi connectivity index (χ1) is 15.2. The number of piperazine rings is 1. The van der Waals surface area contributed by atoms with Crippen molar-refractivity contribution in [3.8, 4) is 0 Å². The maximum atomic E-state index is 14.6. The van der Waals surface area contributed by atoms with Crippen molar-refractivity contribution in [3.05, 3.63) is 58.9 Å². The van der Waals surface area contributed by atoms with Gasteiger partial charge in [0.2, 0.25) is 0 Å². The predicted molar refractivity (Wildman–Crippen MR) is 142 cm³/mol. The molecule has 0 amide bonds. The summed E-state index contributed by atoms with van der Waals surface area (Å²) in [4.78, 5) is 4.54. The molecular formula is C24H33Cl3FN3O2S. The lowest BCUT2D eigenvalue weighted by atomic mass is 9.68. The van der Waals surface area contributed by atoms with Crippen LogP contribution in [0.15, 0.2) is 47.4 Å². The minimum atomic E-state index is -3.41. The molecule has 1 heterocycles. The Kier molecular flexibility index (Phi) is 10.1. The van der Waals surface area contributed by atoms with Crippen LogP contribution in [-0.2, 0) is 15.3 Å². The second-order valence-corrected chi connectivity index (χ2v) is 11.6. The number of benzene rings is 2. The molecule has 0 radical (unpaired) electrons. The highest BCUT2D eigenvalue weighted by molar-refractivity contribution is 7.90. The minimum absolute atomic E-state index is 0. The molecule has 2 aromatic rings. The molecule has 1 aliphatic carbocycles. The zero-order valence-electron chi connectivity index (χ0n) is 19.3. The first-order valence-corrected chi connectivity index (χ1v) is 13.4. The van der Waals surface area contributed by atoms with Crippen molar-refractivity contribution in [2.45, 2.75) is 42.0 Å². The Morgan fingerprint density at radius 3 is 2.24 bits per heavy atom. The monoisotopic (exact) mass is 551 g/mol. The molecule has 0 aromatic heterocycles. The minimum Gasteiger partial charge on any atom is -0.367 e. The van der Waals surface area contributed by atoms with E-state index in [1.807, 2.05) is 17.0 Å². The summed E-state index contributed by atoms with van der Waals surface area (Å²) < 4.78 is 37.9. The quantitative estimate of drug-likeness (QED) is 0.583. The second-order valence-electron chi connectivity index (χ2n) is 9.13. The summed E-state index contributed by atoms with van der Waals surface area (Å²) in [5, 5.41) is 0.755. The summed E-state index contributed by atoms with van der Waals surface area (Å²) in [5.41, 5.74) is 7.95. The summed E-state index contributed by atoms with van der Waals surface area (Å²) >= 11 is 6.23. The van der Waals surface area contributed by atoms with Gasteiger partial charge in [0.25, 0.3) is 0 Å². The van der Waals surface area contributed by atoms with Crippen molar-refractivity contribution >= 4 is 51.9 Å². The average Bonchev–Trinajstić information content (AvgIpc) is 2.79. The molecule has 5 nitrogen and oxygen atoms in total. The molecule has 4 rings (SSSR count). The molecule has 2 aromatic carbocycles. The Labute approximate surface area is 219 Å². The normalized spacial score (nSPS) is 23.6. The van der Waals surface area contributed by atoms with Gasteiger partial charge in [0.05, 0.1) is 10.6 Å². The van der Waals surface area contributed by atoms with E-state index in [1.165, 1.54) is 11.6 Å². The van der Waals surface area contributed by atoms with Crippen LogP contribution in [0.25, 0.3) is 0 Å². The lowest BCUT2D eigenvalue weighted by molar-refractivity contribution is 0.118. The Hall–Kier alpha value is -1.09. The Balaban J connectivity index is 0.00000204. The lowest BCUT2D eigenvalue weighted by Gasteiger charge is -2.46. The highest BCUT2D eigenvalue weighted by Gasteiger charge is 2.38. The van der Waals surface area contributed by atoms with Gasteiger partial charge < -0.3 is 10.6 Å². The summed E-state index contributed by atoms with van der Waals surface area (Å²) in [7, 11) is -3.41. The number of hydrogen-bond donors (Lipinski definition) is 1. The van der Waals surface area contributed by atoms with Gasteiger partial charge in [-0.05, 0) is 61.6 Å². The van der Waals surface area contributed by atoms with Crippen molar-refractivity contribution < 1.29 is 12.8 Å². The summed E-state index contributed by atoms with van der Waals surface area (Å²) in [6.45, 7) is 3.80. The number of halogens is 4. The molecule has 0 bridgehead atoms. The van der Waals surface area contributed by atoms with E-state index in [9.17, 15) is 12.8 Å². The van der Waals surface area contributed by atoms with Gasteiger partial charge in [0.15, 0.2) is 9.84 Å². The molecule has 2 aliphatic rings. The smallest absolute Gasteiger partial charge is 0.175 e. The molecule has 0 unspecified atom stereocenters. The number of anilines is 1. The third kappa shape index (κ3) is 6.18. The molecule has 0 spiro atoms. The highest BCUT2D eigenvalue weighted by atomic mass is 35.5. The Bertz CT molecular complexity index is 1070. The van der Waals surface area contributed by atoms with Crippen molar-refractivity contribution in [2.75, 3.05) is 43.9 Å². The molecule has 1 aliphatic heterocycles. The summed E-state index contributed by atoms with van der Waals surface area (Å²) in [6.07, 6.45) is 5.34. The molecule has 190 valence electrons. The molecule has 34 heavy (non-hydrogen) atoms. The van der Waals surface area contributed by atoms with Crippen molar-refractivity contribution in [3.63, 3.8) is 0 Å². The molecule has 0 atom stereocenters. The third-order valence-electron chi connectivity index (χ3n) is 7.26. The van der Waals surface area contributed by atoms with Gasteiger partial charge in [-0.2, -0.15) is 0 Å². The van der Waals surface area contributed by atoms with E-state index in [0.29, 0.717) is 18.3 Å². The first kappa shape index (κ1) is 29.1. The second kappa shape index (κ2) is 11.8. The maximum Gasteiger partial charge on any atom is 0.175 e. The van der Waals surface area contributed by atoms with Crippen LogP contribution >= 0.6 is 36.4 Å². The fourth-order valence-corrected chi connectivity index (χ4v) is 6.08. The maximum absolute atomic E-state index is 14.6. The van der Waals surface area contributed by atoms with E-state index in [2.05, 4.69) is 17.0 Å². The van der Waals surface area contributed by atoms with Crippen molar-refractivity contribution in [1.82, 2.24) is 4.90 Å². The largest absolute Gasteiger partial charge is 0.367 e. The molecule has 10 heteroatoms. The van der Waals surface area contributed by atoms with E-state index in [1.54, 1.807) is 6.07 Å². The van der Waals surface area contributed by atoms with Crippen LogP contribution in [0.1, 0.15) is 31.2 Å². The van der Waals surface area contributed by atoms with E-state index in [4.69, 9.17) is 17.3 Å². The fourth-order valence-electron chi connectivity index (χ4n) is 5.25. The highest BCUT2D eigenvalue weighted by Crippen LogP contribution is 2.41. The van der Waals surface area contributed by atoms with Gasteiger partial charge >= 0.3 is 0 Å². The van der Waals surface area contributed by atoms with Crippen molar-refractivity contribution in [2.24, 2.45) is 5.73 Å². The molecule has 1 saturated carbocycles. The topological polar surface area (TPSA) is 66.6 Å². The first-order valence-electron chi connectivity index (χ1n) is 11.2. The van der Waals surface area contributed by atoms with Crippen LogP contribution in [0.2, 0.25) is 5.02 Å².